The van der Waals surface area contributed by atoms with E-state index in [-0.39, 0.29) is 23.5 Å². The Morgan fingerprint density at radius 3 is 2.59 bits per heavy atom. The number of nitrogens with zero attached hydrogens (tertiary/aromatic N) is 3. The summed E-state index contributed by atoms with van der Waals surface area (Å²) in [5.41, 5.74) is 6.89. The second-order valence-electron chi connectivity index (χ2n) is 5.63. The third-order valence-corrected chi connectivity index (χ3v) is 3.25. The topological polar surface area (TPSA) is 64.2 Å². The SMILES string of the molecule is Cn1nccc1C1C(N)CC(=O)N1C(C)(C)C. The molecule has 1 aliphatic heterocycles. The monoisotopic (exact) mass is 236 g/mol. The molecule has 2 heterocycles. The Morgan fingerprint density at radius 2 is 2.12 bits per heavy atom. The van der Waals surface area contributed by atoms with Crippen LogP contribution in [-0.2, 0) is 11.8 Å². The highest BCUT2D eigenvalue weighted by Crippen LogP contribution is 2.37. The first-order valence-corrected chi connectivity index (χ1v) is 5.88. The molecule has 0 radical (unpaired) electrons. The average Bonchev–Trinajstić information content (AvgIpc) is 2.68. The molecule has 17 heavy (non-hydrogen) atoms. The standard InChI is InChI=1S/C12H20N4O/c1-12(2,3)16-10(17)7-8(13)11(16)9-5-6-14-15(9)4/h5-6,8,11H,7,13H2,1-4H3. The summed E-state index contributed by atoms with van der Waals surface area (Å²) in [5.74, 6) is 0.121. The van der Waals surface area contributed by atoms with Crippen LogP contribution in [0.5, 0.6) is 0 Å². The van der Waals surface area contributed by atoms with E-state index in [1.54, 1.807) is 10.9 Å². The molecule has 0 bridgehead atoms. The molecule has 2 atom stereocenters. The second-order valence-corrected chi connectivity index (χ2v) is 5.63. The Morgan fingerprint density at radius 1 is 1.47 bits per heavy atom. The second kappa shape index (κ2) is 3.84. The van der Waals surface area contributed by atoms with Gasteiger partial charge in [-0.15, -0.1) is 0 Å². The zero-order chi connectivity index (χ0) is 12.8. The van der Waals surface area contributed by atoms with Crippen LogP contribution in [0, 0.1) is 0 Å². The molecule has 0 aliphatic carbocycles. The Labute approximate surface area is 102 Å². The number of rotatable bonds is 1. The van der Waals surface area contributed by atoms with Crippen molar-refractivity contribution in [2.24, 2.45) is 12.8 Å². The Balaban J connectivity index is 2.43. The summed E-state index contributed by atoms with van der Waals surface area (Å²) < 4.78 is 1.79. The van der Waals surface area contributed by atoms with E-state index in [0.29, 0.717) is 6.42 Å². The molecule has 2 N–H and O–H groups in total. The minimum Gasteiger partial charge on any atom is -0.328 e. The van der Waals surface area contributed by atoms with Gasteiger partial charge >= 0.3 is 0 Å². The minimum absolute atomic E-state index is 0.0741. The van der Waals surface area contributed by atoms with Crippen molar-refractivity contribution in [1.82, 2.24) is 14.7 Å². The van der Waals surface area contributed by atoms with E-state index in [2.05, 4.69) is 5.10 Å². The molecule has 1 fully saturated rings. The fourth-order valence-electron chi connectivity index (χ4n) is 2.58. The lowest BCUT2D eigenvalue weighted by Gasteiger charge is -2.38. The molecule has 1 aromatic heterocycles. The third kappa shape index (κ3) is 1.95. The van der Waals surface area contributed by atoms with Crippen molar-refractivity contribution >= 4 is 5.91 Å². The first-order valence-electron chi connectivity index (χ1n) is 5.88. The molecule has 0 aromatic carbocycles. The molecule has 5 heteroatoms. The maximum atomic E-state index is 12.1. The van der Waals surface area contributed by atoms with Crippen LogP contribution >= 0.6 is 0 Å². The number of aromatic nitrogens is 2. The van der Waals surface area contributed by atoms with Gasteiger partial charge in [-0.05, 0) is 26.8 Å². The van der Waals surface area contributed by atoms with Crippen molar-refractivity contribution in [2.75, 3.05) is 0 Å². The van der Waals surface area contributed by atoms with E-state index < -0.39 is 0 Å². The summed E-state index contributed by atoms with van der Waals surface area (Å²) in [6, 6.07) is 1.70. The van der Waals surface area contributed by atoms with Crippen molar-refractivity contribution < 1.29 is 4.79 Å². The van der Waals surface area contributed by atoms with Gasteiger partial charge in [0.05, 0.1) is 11.7 Å². The number of amides is 1. The molecular weight excluding hydrogens is 216 g/mol. The number of hydrogen-bond donors (Lipinski definition) is 1. The van der Waals surface area contributed by atoms with E-state index in [1.807, 2.05) is 38.8 Å². The first kappa shape index (κ1) is 12.1. The van der Waals surface area contributed by atoms with Gasteiger partial charge in [-0.25, -0.2) is 0 Å². The van der Waals surface area contributed by atoms with E-state index in [4.69, 9.17) is 5.73 Å². The Bertz CT molecular complexity index is 432. The molecule has 0 saturated carbocycles. The van der Waals surface area contributed by atoms with Gasteiger partial charge in [0, 0.05) is 31.2 Å². The van der Waals surface area contributed by atoms with Crippen LogP contribution in [0.1, 0.15) is 38.9 Å². The smallest absolute Gasteiger partial charge is 0.225 e. The number of carbonyl (C=O) groups is 1. The molecule has 1 aliphatic rings. The van der Waals surface area contributed by atoms with E-state index in [0.717, 1.165) is 5.69 Å². The maximum absolute atomic E-state index is 12.1. The van der Waals surface area contributed by atoms with E-state index >= 15 is 0 Å². The summed E-state index contributed by atoms with van der Waals surface area (Å²) >= 11 is 0. The van der Waals surface area contributed by atoms with Crippen molar-refractivity contribution in [1.29, 1.82) is 0 Å². The molecule has 5 nitrogen and oxygen atoms in total. The zero-order valence-corrected chi connectivity index (χ0v) is 10.8. The average molecular weight is 236 g/mol. The molecule has 1 amide bonds. The van der Waals surface area contributed by atoms with Crippen molar-refractivity contribution in [2.45, 2.75) is 44.8 Å². The van der Waals surface area contributed by atoms with Crippen LogP contribution < -0.4 is 5.73 Å². The Hall–Kier alpha value is -1.36. The van der Waals surface area contributed by atoms with Gasteiger partial charge in [-0.1, -0.05) is 0 Å². The molecule has 1 saturated heterocycles. The van der Waals surface area contributed by atoms with Crippen LogP contribution in [-0.4, -0.2) is 32.2 Å². The highest BCUT2D eigenvalue weighted by atomic mass is 16.2. The van der Waals surface area contributed by atoms with Crippen LogP contribution in [0.25, 0.3) is 0 Å². The summed E-state index contributed by atoms with van der Waals surface area (Å²) in [6.45, 7) is 6.10. The van der Waals surface area contributed by atoms with Crippen LogP contribution in [0.2, 0.25) is 0 Å². The summed E-state index contributed by atoms with van der Waals surface area (Å²) in [6.07, 6.45) is 2.15. The summed E-state index contributed by atoms with van der Waals surface area (Å²) in [5, 5.41) is 4.16. The van der Waals surface area contributed by atoms with Crippen molar-refractivity contribution in [3.8, 4) is 0 Å². The highest BCUT2D eigenvalue weighted by molar-refractivity contribution is 5.81. The van der Waals surface area contributed by atoms with E-state index in [1.165, 1.54) is 0 Å². The fourth-order valence-corrected chi connectivity index (χ4v) is 2.58. The third-order valence-electron chi connectivity index (χ3n) is 3.25. The van der Waals surface area contributed by atoms with Gasteiger partial charge in [0.25, 0.3) is 0 Å². The van der Waals surface area contributed by atoms with Gasteiger partial charge in [0.1, 0.15) is 0 Å². The van der Waals surface area contributed by atoms with E-state index in [9.17, 15) is 4.79 Å². The normalized spacial score (nSPS) is 25.7. The quantitative estimate of drug-likeness (QED) is 0.785. The lowest BCUT2D eigenvalue weighted by atomic mass is 10.0. The van der Waals surface area contributed by atoms with Gasteiger partial charge in [-0.3, -0.25) is 9.48 Å². The lowest BCUT2D eigenvalue weighted by molar-refractivity contribution is -0.133. The summed E-state index contributed by atoms with van der Waals surface area (Å²) in [4.78, 5) is 13.9. The van der Waals surface area contributed by atoms with Crippen LogP contribution in [0.15, 0.2) is 12.3 Å². The largest absolute Gasteiger partial charge is 0.328 e. The molecule has 2 rings (SSSR count). The number of likely N-dealkylation sites (tertiary alicyclic amines) is 1. The fraction of sp³-hybridized carbons (Fsp3) is 0.667. The van der Waals surface area contributed by atoms with Gasteiger partial charge in [0.15, 0.2) is 0 Å². The predicted octanol–water partition coefficient (Wildman–Crippen LogP) is 0.819. The molecule has 2 unspecified atom stereocenters. The van der Waals surface area contributed by atoms with Gasteiger partial charge in [-0.2, -0.15) is 5.10 Å². The molecular formula is C12H20N4O. The predicted molar refractivity (Wildman–Crippen MR) is 65.1 cm³/mol. The Kier molecular flexibility index (Phi) is 2.73. The zero-order valence-electron chi connectivity index (χ0n) is 10.8. The highest BCUT2D eigenvalue weighted by Gasteiger charge is 2.44. The first-order chi connectivity index (χ1) is 7.82. The molecule has 1 aromatic rings. The van der Waals surface area contributed by atoms with Gasteiger partial charge in [0.2, 0.25) is 5.91 Å². The lowest BCUT2D eigenvalue weighted by Crippen LogP contribution is -2.46. The number of hydrogen-bond acceptors (Lipinski definition) is 3. The van der Waals surface area contributed by atoms with Crippen molar-refractivity contribution in [3.63, 3.8) is 0 Å². The number of carbonyl (C=O) groups excluding carboxylic acids is 1. The van der Waals surface area contributed by atoms with Gasteiger partial charge < -0.3 is 10.6 Å². The molecule has 94 valence electrons. The van der Waals surface area contributed by atoms with Crippen LogP contribution in [0.4, 0.5) is 0 Å². The minimum atomic E-state index is -0.222. The number of aryl methyl sites for hydroxylation is 1. The van der Waals surface area contributed by atoms with Crippen molar-refractivity contribution in [3.05, 3.63) is 18.0 Å². The molecule has 0 spiro atoms. The number of nitrogens with two attached hydrogens (primary N) is 1. The summed E-state index contributed by atoms with van der Waals surface area (Å²) in [7, 11) is 1.88. The van der Waals surface area contributed by atoms with Crippen LogP contribution in [0.3, 0.4) is 0 Å². The maximum Gasteiger partial charge on any atom is 0.225 e.